The van der Waals surface area contributed by atoms with Crippen LogP contribution in [-0.4, -0.2) is 29.4 Å². The molecule has 0 bridgehead atoms. The minimum atomic E-state index is -0.384. The van der Waals surface area contributed by atoms with Crippen LogP contribution < -0.4 is 14.8 Å². The van der Waals surface area contributed by atoms with Crippen LogP contribution in [0.4, 0.5) is 0 Å². The lowest BCUT2D eigenvalue weighted by Gasteiger charge is -2.15. The molecule has 0 aliphatic carbocycles. The number of carbonyl (C=O) groups excluding carboxylic acids is 1. The average molecular weight is 338 g/mol. The van der Waals surface area contributed by atoms with Crippen molar-refractivity contribution in [3.63, 3.8) is 0 Å². The van der Waals surface area contributed by atoms with Crippen molar-refractivity contribution in [2.24, 2.45) is 0 Å². The van der Waals surface area contributed by atoms with E-state index in [0.29, 0.717) is 29.7 Å². The molecule has 1 unspecified atom stereocenters. The summed E-state index contributed by atoms with van der Waals surface area (Å²) in [6.45, 7) is 4.50. The lowest BCUT2D eigenvalue weighted by atomic mass is 10.2. The Morgan fingerprint density at radius 3 is 2.87 bits per heavy atom. The molecule has 0 spiro atoms. The van der Waals surface area contributed by atoms with Gasteiger partial charge in [0, 0.05) is 18.9 Å². The van der Waals surface area contributed by atoms with Crippen molar-refractivity contribution in [1.82, 2.24) is 15.1 Å². The summed E-state index contributed by atoms with van der Waals surface area (Å²) in [5.74, 6) is 0.929. The highest BCUT2D eigenvalue weighted by atomic mass is 35.5. The van der Waals surface area contributed by atoms with Gasteiger partial charge in [0.1, 0.15) is 6.04 Å². The highest BCUT2D eigenvalue weighted by molar-refractivity contribution is 6.32. The van der Waals surface area contributed by atoms with Gasteiger partial charge in [0.15, 0.2) is 11.5 Å². The maximum atomic E-state index is 12.2. The zero-order valence-electron chi connectivity index (χ0n) is 13.4. The lowest BCUT2D eigenvalue weighted by Crippen LogP contribution is -2.30. The second-order valence-electron chi connectivity index (χ2n) is 4.92. The summed E-state index contributed by atoms with van der Waals surface area (Å²) in [6, 6.07) is 4.95. The molecule has 0 fully saturated rings. The van der Waals surface area contributed by atoms with E-state index in [1.807, 2.05) is 6.92 Å². The number of ether oxygens (including phenoxy) is 2. The first-order chi connectivity index (χ1) is 11.1. The van der Waals surface area contributed by atoms with Gasteiger partial charge in [0.05, 0.1) is 18.7 Å². The first-order valence-electron chi connectivity index (χ1n) is 7.32. The SMILES string of the molecule is CCOc1c(Cl)cc(CNC(=O)C(C)n2cccn2)cc1OC. The minimum Gasteiger partial charge on any atom is -0.493 e. The summed E-state index contributed by atoms with van der Waals surface area (Å²) in [4.78, 5) is 12.2. The Bertz CT molecular complexity index is 659. The van der Waals surface area contributed by atoms with Crippen LogP contribution in [-0.2, 0) is 11.3 Å². The van der Waals surface area contributed by atoms with Crippen molar-refractivity contribution in [2.75, 3.05) is 13.7 Å². The first-order valence-corrected chi connectivity index (χ1v) is 7.70. The second-order valence-corrected chi connectivity index (χ2v) is 5.33. The molecule has 2 aromatic rings. The van der Waals surface area contributed by atoms with Gasteiger partial charge in [0.25, 0.3) is 0 Å². The maximum absolute atomic E-state index is 12.2. The first kappa shape index (κ1) is 17.1. The Kier molecular flexibility index (Phi) is 5.87. The Labute approximate surface area is 140 Å². The molecule has 23 heavy (non-hydrogen) atoms. The Balaban J connectivity index is 2.05. The van der Waals surface area contributed by atoms with Gasteiger partial charge in [0.2, 0.25) is 5.91 Å². The van der Waals surface area contributed by atoms with Crippen molar-refractivity contribution in [3.05, 3.63) is 41.2 Å². The molecule has 0 aliphatic heterocycles. The van der Waals surface area contributed by atoms with Crippen LogP contribution in [0.1, 0.15) is 25.5 Å². The van der Waals surface area contributed by atoms with E-state index in [0.717, 1.165) is 5.56 Å². The van der Waals surface area contributed by atoms with Gasteiger partial charge in [-0.25, -0.2) is 0 Å². The standard InChI is InChI=1S/C16H20ClN3O3/c1-4-23-15-13(17)8-12(9-14(15)22-3)10-18-16(21)11(2)20-7-5-6-19-20/h5-9,11H,4,10H2,1-3H3,(H,18,21). The molecular weight excluding hydrogens is 318 g/mol. The predicted molar refractivity (Wildman–Crippen MR) is 88.0 cm³/mol. The van der Waals surface area contributed by atoms with Gasteiger partial charge in [-0.05, 0) is 37.6 Å². The minimum absolute atomic E-state index is 0.127. The summed E-state index contributed by atoms with van der Waals surface area (Å²) in [6.07, 6.45) is 3.39. The Morgan fingerprint density at radius 1 is 1.48 bits per heavy atom. The third kappa shape index (κ3) is 4.16. The van der Waals surface area contributed by atoms with Crippen LogP contribution in [0.15, 0.2) is 30.6 Å². The second kappa shape index (κ2) is 7.87. The number of rotatable bonds is 7. The fourth-order valence-corrected chi connectivity index (χ4v) is 2.41. The number of nitrogens with one attached hydrogen (secondary N) is 1. The van der Waals surface area contributed by atoms with Gasteiger partial charge < -0.3 is 14.8 Å². The fourth-order valence-electron chi connectivity index (χ4n) is 2.13. The Morgan fingerprint density at radius 2 is 2.26 bits per heavy atom. The number of aromatic nitrogens is 2. The lowest BCUT2D eigenvalue weighted by molar-refractivity contribution is -0.124. The number of hydrogen-bond acceptors (Lipinski definition) is 4. The topological polar surface area (TPSA) is 65.4 Å². The van der Waals surface area contributed by atoms with Crippen LogP contribution in [0, 0.1) is 0 Å². The molecule has 124 valence electrons. The van der Waals surface area contributed by atoms with Crippen LogP contribution in [0.3, 0.4) is 0 Å². The molecule has 6 nitrogen and oxygen atoms in total. The highest BCUT2D eigenvalue weighted by Crippen LogP contribution is 2.36. The summed E-state index contributed by atoms with van der Waals surface area (Å²) >= 11 is 6.22. The maximum Gasteiger partial charge on any atom is 0.244 e. The van der Waals surface area contributed by atoms with Crippen LogP contribution >= 0.6 is 11.6 Å². The van der Waals surface area contributed by atoms with Crippen molar-refractivity contribution >= 4 is 17.5 Å². The molecule has 1 atom stereocenters. The molecule has 0 saturated heterocycles. The zero-order chi connectivity index (χ0) is 16.8. The molecule has 0 aliphatic rings. The quantitative estimate of drug-likeness (QED) is 0.843. The summed E-state index contributed by atoms with van der Waals surface area (Å²) in [7, 11) is 1.55. The molecule has 1 heterocycles. The number of hydrogen-bond donors (Lipinski definition) is 1. The number of nitrogens with zero attached hydrogens (tertiary/aromatic N) is 2. The molecule has 7 heteroatoms. The molecule has 1 aromatic heterocycles. The molecule has 1 N–H and O–H groups in total. The van der Waals surface area contributed by atoms with E-state index in [2.05, 4.69) is 10.4 Å². The third-order valence-corrected chi connectivity index (χ3v) is 3.63. The number of carbonyl (C=O) groups is 1. The van der Waals surface area contributed by atoms with E-state index < -0.39 is 0 Å². The number of amides is 1. The average Bonchev–Trinajstić information content (AvgIpc) is 3.08. The fraction of sp³-hybridized carbons (Fsp3) is 0.375. The van der Waals surface area contributed by atoms with E-state index in [4.69, 9.17) is 21.1 Å². The number of methoxy groups -OCH3 is 1. The van der Waals surface area contributed by atoms with E-state index >= 15 is 0 Å². The monoisotopic (exact) mass is 337 g/mol. The molecule has 0 saturated carbocycles. The molecule has 2 rings (SSSR count). The number of benzene rings is 1. The number of halogens is 1. The van der Waals surface area contributed by atoms with E-state index in [-0.39, 0.29) is 11.9 Å². The van der Waals surface area contributed by atoms with Gasteiger partial charge in [-0.15, -0.1) is 0 Å². The molecule has 1 amide bonds. The summed E-state index contributed by atoms with van der Waals surface area (Å²) in [5, 5.41) is 7.38. The van der Waals surface area contributed by atoms with E-state index in [1.165, 1.54) is 0 Å². The van der Waals surface area contributed by atoms with Crippen LogP contribution in [0.5, 0.6) is 11.5 Å². The summed E-state index contributed by atoms with van der Waals surface area (Å²) < 4.78 is 12.4. The highest BCUT2D eigenvalue weighted by Gasteiger charge is 2.16. The van der Waals surface area contributed by atoms with Crippen molar-refractivity contribution in [2.45, 2.75) is 26.4 Å². The van der Waals surface area contributed by atoms with E-state index in [1.54, 1.807) is 49.3 Å². The third-order valence-electron chi connectivity index (χ3n) is 3.35. The largest absolute Gasteiger partial charge is 0.493 e. The molecular formula is C16H20ClN3O3. The normalized spacial score (nSPS) is 11.8. The summed E-state index contributed by atoms with van der Waals surface area (Å²) in [5.41, 5.74) is 0.830. The van der Waals surface area contributed by atoms with Crippen LogP contribution in [0.2, 0.25) is 5.02 Å². The zero-order valence-corrected chi connectivity index (χ0v) is 14.1. The van der Waals surface area contributed by atoms with Gasteiger partial charge in [-0.1, -0.05) is 11.6 Å². The van der Waals surface area contributed by atoms with Crippen molar-refractivity contribution < 1.29 is 14.3 Å². The molecule has 1 aromatic carbocycles. The van der Waals surface area contributed by atoms with Gasteiger partial charge in [-0.3, -0.25) is 9.48 Å². The van der Waals surface area contributed by atoms with E-state index in [9.17, 15) is 4.79 Å². The Hall–Kier alpha value is -2.21. The van der Waals surface area contributed by atoms with Gasteiger partial charge in [-0.2, -0.15) is 5.10 Å². The van der Waals surface area contributed by atoms with Gasteiger partial charge >= 0.3 is 0 Å². The van der Waals surface area contributed by atoms with Crippen molar-refractivity contribution in [1.29, 1.82) is 0 Å². The van der Waals surface area contributed by atoms with Crippen LogP contribution in [0.25, 0.3) is 0 Å². The molecule has 0 radical (unpaired) electrons. The smallest absolute Gasteiger partial charge is 0.244 e. The van der Waals surface area contributed by atoms with Crippen molar-refractivity contribution in [3.8, 4) is 11.5 Å². The predicted octanol–water partition coefficient (Wildman–Crippen LogP) is 2.82.